The van der Waals surface area contributed by atoms with Gasteiger partial charge in [0.2, 0.25) is 0 Å². The average Bonchev–Trinajstić information content (AvgIpc) is 2.88. The summed E-state index contributed by atoms with van der Waals surface area (Å²) in [6.45, 7) is 3.38. The molecule has 38 heavy (non-hydrogen) atoms. The maximum Gasteiger partial charge on any atom is 0.337 e. The number of carbonyl (C=O) groups is 2. The summed E-state index contributed by atoms with van der Waals surface area (Å²) in [4.78, 5) is 34.7. The smallest absolute Gasteiger partial charge is 0.337 e. The van der Waals surface area contributed by atoms with E-state index in [9.17, 15) is 29.9 Å². The van der Waals surface area contributed by atoms with Crippen LogP contribution in [0.3, 0.4) is 0 Å². The number of hydrazone groups is 1. The van der Waals surface area contributed by atoms with Crippen LogP contribution in [0, 0.1) is 10.1 Å². The van der Waals surface area contributed by atoms with Crippen LogP contribution in [-0.2, 0) is 9.53 Å². The van der Waals surface area contributed by atoms with Crippen LogP contribution in [0.25, 0.3) is 0 Å². The molecule has 3 rings (SSSR count). The number of rotatable bonds is 11. The maximum atomic E-state index is 12.3. The number of hydrogen-bond donors (Lipinski definition) is 5. The topological polar surface area (TPSA) is 194 Å². The second kappa shape index (κ2) is 12.4. The highest BCUT2D eigenvalue weighted by Crippen LogP contribution is 2.35. The first-order valence-corrected chi connectivity index (χ1v) is 11.3. The maximum absolute atomic E-state index is 12.3. The molecule has 0 unspecified atom stereocenters. The minimum atomic E-state index is -1.29. The highest BCUT2D eigenvalue weighted by atomic mass is 16.6. The van der Waals surface area contributed by atoms with Crippen LogP contribution in [0.1, 0.15) is 31.0 Å². The fourth-order valence-corrected chi connectivity index (χ4v) is 3.57. The molecular weight excluding hydrogens is 502 g/mol. The van der Waals surface area contributed by atoms with Crippen molar-refractivity contribution in [3.05, 3.63) is 68.9 Å². The molecule has 5 N–H and O–H groups in total. The fourth-order valence-electron chi connectivity index (χ4n) is 3.57. The number of phenols is 1. The Morgan fingerprint density at radius 1 is 1.26 bits per heavy atom. The van der Waals surface area contributed by atoms with Crippen molar-refractivity contribution in [2.45, 2.75) is 26.1 Å². The molecule has 0 fully saturated rings. The highest BCUT2D eigenvalue weighted by Gasteiger charge is 2.32. The van der Waals surface area contributed by atoms with Gasteiger partial charge in [0.1, 0.15) is 12.4 Å². The van der Waals surface area contributed by atoms with Crippen molar-refractivity contribution in [3.63, 3.8) is 0 Å². The van der Waals surface area contributed by atoms with Gasteiger partial charge in [-0.05, 0) is 37.6 Å². The highest BCUT2D eigenvalue weighted by molar-refractivity contribution is 5.95. The molecule has 2 atom stereocenters. The molecule has 0 radical (unpaired) electrons. The number of nitro groups is 1. The third-order valence-corrected chi connectivity index (χ3v) is 5.32. The monoisotopic (exact) mass is 529 g/mol. The molecule has 14 heteroatoms. The number of carbonyl (C=O) groups excluding carboxylic acids is 2. The van der Waals surface area contributed by atoms with Gasteiger partial charge >= 0.3 is 12.0 Å². The molecule has 2 amide bonds. The number of esters is 1. The zero-order valence-corrected chi connectivity index (χ0v) is 20.8. The van der Waals surface area contributed by atoms with Crippen molar-refractivity contribution in [2.24, 2.45) is 5.10 Å². The number of benzene rings is 2. The fraction of sp³-hybridized carbons (Fsp3) is 0.292. The van der Waals surface area contributed by atoms with Gasteiger partial charge in [-0.2, -0.15) is 5.10 Å². The average molecular weight is 530 g/mol. The number of aliphatic hydroxyl groups is 1. The molecule has 0 saturated carbocycles. The molecule has 1 aliphatic rings. The summed E-state index contributed by atoms with van der Waals surface area (Å²) in [6, 6.07) is 6.97. The molecule has 1 heterocycles. The van der Waals surface area contributed by atoms with Crippen molar-refractivity contribution in [1.82, 2.24) is 16.1 Å². The number of nitro benzene ring substituents is 1. The quantitative estimate of drug-likeness (QED) is 0.0942. The number of urea groups is 1. The number of nitrogens with one attached hydrogen (secondary N) is 3. The lowest BCUT2D eigenvalue weighted by Crippen LogP contribution is -2.45. The van der Waals surface area contributed by atoms with Crippen molar-refractivity contribution in [1.29, 1.82) is 0 Å². The summed E-state index contributed by atoms with van der Waals surface area (Å²) in [7, 11) is 1.24. The van der Waals surface area contributed by atoms with Gasteiger partial charge in [-0.1, -0.05) is 6.07 Å². The van der Waals surface area contributed by atoms with E-state index in [1.54, 1.807) is 32.0 Å². The molecule has 0 aromatic heterocycles. The summed E-state index contributed by atoms with van der Waals surface area (Å²) in [5.41, 5.74) is 3.37. The molecule has 0 bridgehead atoms. The summed E-state index contributed by atoms with van der Waals surface area (Å²) >= 11 is 0. The van der Waals surface area contributed by atoms with E-state index in [0.717, 1.165) is 18.3 Å². The first-order chi connectivity index (χ1) is 18.1. The number of aliphatic hydroxyl groups excluding tert-OH is 1. The Hall–Kier alpha value is -4.85. The number of methoxy groups -OCH3 is 1. The van der Waals surface area contributed by atoms with Gasteiger partial charge in [-0.25, -0.2) is 9.59 Å². The van der Waals surface area contributed by atoms with E-state index in [4.69, 9.17) is 14.2 Å². The summed E-state index contributed by atoms with van der Waals surface area (Å²) in [5.74, 6) is -0.251. The standard InChI is InChI=1S/C24H27N5O9/c1-4-37-19-10-14(22-21(23(32)36-3)13(2)26-24(33)27-22)5-8-18(19)38-12-20(31)28-25-11-15-9-16(29(34)35)6-7-17(15)30/h5-11,20,22,28,30-31H,4,12H2,1-3H3,(H2,26,27,33)/b25-11+/t20-,22+/m0/s1. The minimum absolute atomic E-state index is 0.0784. The van der Waals surface area contributed by atoms with Crippen molar-refractivity contribution < 1.29 is 38.9 Å². The number of phenolic OH excluding ortho intramolecular Hbond substituents is 1. The largest absolute Gasteiger partial charge is 0.507 e. The van der Waals surface area contributed by atoms with E-state index in [1.807, 2.05) is 0 Å². The normalized spacial score (nSPS) is 15.9. The molecule has 1 aliphatic heterocycles. The van der Waals surface area contributed by atoms with E-state index >= 15 is 0 Å². The molecule has 0 aliphatic carbocycles. The Kier molecular flexibility index (Phi) is 9.05. The van der Waals surface area contributed by atoms with Crippen molar-refractivity contribution >= 4 is 23.9 Å². The van der Waals surface area contributed by atoms with Crippen LogP contribution < -0.4 is 25.5 Å². The Labute approximate surface area is 217 Å². The van der Waals surface area contributed by atoms with Crippen LogP contribution in [0.15, 0.2) is 52.8 Å². The lowest BCUT2D eigenvalue weighted by molar-refractivity contribution is -0.384. The van der Waals surface area contributed by atoms with Crippen molar-refractivity contribution in [3.8, 4) is 17.2 Å². The summed E-state index contributed by atoms with van der Waals surface area (Å²) < 4.78 is 16.2. The van der Waals surface area contributed by atoms with Crippen LogP contribution in [0.2, 0.25) is 0 Å². The Balaban J connectivity index is 1.71. The third-order valence-electron chi connectivity index (χ3n) is 5.32. The van der Waals surface area contributed by atoms with E-state index in [0.29, 0.717) is 17.0 Å². The van der Waals surface area contributed by atoms with Gasteiger partial charge in [0.05, 0.1) is 36.5 Å². The number of non-ortho nitro benzene ring substituents is 1. The second-order valence-corrected chi connectivity index (χ2v) is 7.92. The second-order valence-electron chi connectivity index (χ2n) is 7.92. The minimum Gasteiger partial charge on any atom is -0.507 e. The number of hydrogen-bond acceptors (Lipinski definition) is 11. The molecule has 14 nitrogen and oxygen atoms in total. The zero-order chi connectivity index (χ0) is 27.8. The van der Waals surface area contributed by atoms with Gasteiger partial charge in [0.25, 0.3) is 5.69 Å². The number of amides is 2. The van der Waals surface area contributed by atoms with Crippen LogP contribution >= 0.6 is 0 Å². The number of ether oxygens (including phenoxy) is 3. The van der Waals surface area contributed by atoms with E-state index in [2.05, 4.69) is 21.2 Å². The SMILES string of the molecule is CCOc1cc([C@H]2NC(=O)NC(C)=C2C(=O)OC)ccc1OC[C@H](O)N/N=C/c1cc([N+](=O)[O-])ccc1O. The van der Waals surface area contributed by atoms with Gasteiger partial charge < -0.3 is 35.1 Å². The van der Waals surface area contributed by atoms with Crippen LogP contribution in [-0.4, -0.2) is 59.9 Å². The Morgan fingerprint density at radius 3 is 2.71 bits per heavy atom. The first-order valence-electron chi connectivity index (χ1n) is 11.3. The summed E-state index contributed by atoms with van der Waals surface area (Å²) in [5, 5.41) is 39.9. The van der Waals surface area contributed by atoms with Crippen LogP contribution in [0.5, 0.6) is 17.2 Å². The lowest BCUT2D eigenvalue weighted by Gasteiger charge is -2.28. The van der Waals surface area contributed by atoms with E-state index in [-0.39, 0.29) is 41.5 Å². The molecular formula is C24H27N5O9. The van der Waals surface area contributed by atoms with Gasteiger partial charge in [0.15, 0.2) is 17.7 Å². The zero-order valence-electron chi connectivity index (χ0n) is 20.8. The lowest BCUT2D eigenvalue weighted by atomic mass is 9.95. The van der Waals surface area contributed by atoms with Gasteiger partial charge in [-0.15, -0.1) is 0 Å². The summed E-state index contributed by atoms with van der Waals surface area (Å²) in [6.07, 6.45) is -0.172. The Bertz CT molecular complexity index is 1280. The van der Waals surface area contributed by atoms with Gasteiger partial charge in [-0.3, -0.25) is 15.5 Å². The number of aromatic hydroxyl groups is 1. The number of nitrogens with zero attached hydrogens (tertiary/aromatic N) is 2. The first kappa shape index (κ1) is 27.7. The van der Waals surface area contributed by atoms with Crippen LogP contribution in [0.4, 0.5) is 10.5 Å². The Morgan fingerprint density at radius 2 is 2.03 bits per heavy atom. The molecule has 0 spiro atoms. The molecule has 2 aromatic rings. The number of allylic oxidation sites excluding steroid dienone is 1. The third kappa shape index (κ3) is 6.67. The van der Waals surface area contributed by atoms with Crippen molar-refractivity contribution in [2.75, 3.05) is 20.3 Å². The molecule has 0 saturated heterocycles. The van der Waals surface area contributed by atoms with E-state index < -0.39 is 29.2 Å². The predicted octanol–water partition coefficient (Wildman–Crippen LogP) is 1.82. The predicted molar refractivity (Wildman–Crippen MR) is 134 cm³/mol. The van der Waals surface area contributed by atoms with Gasteiger partial charge in [0, 0.05) is 23.4 Å². The van der Waals surface area contributed by atoms with E-state index in [1.165, 1.54) is 13.2 Å². The molecule has 2 aromatic carbocycles. The molecule has 202 valence electrons.